The van der Waals surface area contributed by atoms with Gasteiger partial charge in [0.05, 0.1) is 18.9 Å². The van der Waals surface area contributed by atoms with E-state index in [1.54, 1.807) is 23.4 Å². The molecule has 0 amide bonds. The molecule has 6 nitrogen and oxygen atoms in total. The van der Waals surface area contributed by atoms with Crippen LogP contribution in [0.2, 0.25) is 5.15 Å². The monoisotopic (exact) mass is 411 g/mol. The highest BCUT2D eigenvalue weighted by molar-refractivity contribution is 7.89. The van der Waals surface area contributed by atoms with Crippen molar-refractivity contribution < 1.29 is 13.2 Å². The summed E-state index contributed by atoms with van der Waals surface area (Å²) in [4.78, 5) is 7.00. The molecule has 0 bridgehead atoms. The van der Waals surface area contributed by atoms with Crippen molar-refractivity contribution in [3.63, 3.8) is 0 Å². The normalized spacial score (nSPS) is 27.9. The molecule has 1 aliphatic carbocycles. The van der Waals surface area contributed by atoms with Crippen molar-refractivity contribution in [2.45, 2.75) is 43.5 Å². The fourth-order valence-corrected chi connectivity index (χ4v) is 7.17. The third kappa shape index (κ3) is 2.94. The van der Waals surface area contributed by atoms with E-state index in [-0.39, 0.29) is 4.90 Å². The summed E-state index contributed by atoms with van der Waals surface area (Å²) < 4.78 is 33.0. The topological polar surface area (TPSA) is 62.7 Å². The van der Waals surface area contributed by atoms with Crippen molar-refractivity contribution >= 4 is 21.6 Å². The fourth-order valence-electron chi connectivity index (χ4n) is 5.38. The highest BCUT2D eigenvalue weighted by Crippen LogP contribution is 2.54. The van der Waals surface area contributed by atoms with E-state index in [0.717, 1.165) is 26.1 Å². The van der Waals surface area contributed by atoms with Crippen LogP contribution in [-0.4, -0.2) is 68.0 Å². The Bertz CT molecular complexity index is 847. The minimum Gasteiger partial charge on any atom is -0.380 e. The second-order valence-corrected chi connectivity index (χ2v) is 11.4. The molecule has 0 radical (unpaired) electrons. The van der Waals surface area contributed by atoms with Gasteiger partial charge in [0.25, 0.3) is 0 Å². The summed E-state index contributed by atoms with van der Waals surface area (Å²) in [6.07, 6.45) is 4.37. The van der Waals surface area contributed by atoms with Crippen LogP contribution in [0, 0.1) is 17.8 Å². The molecule has 148 valence electrons. The van der Waals surface area contributed by atoms with Crippen LogP contribution in [0.1, 0.15) is 31.4 Å². The molecule has 1 aromatic rings. The predicted octanol–water partition coefficient (Wildman–Crippen LogP) is 2.31. The maximum absolute atomic E-state index is 13.0. The maximum Gasteiger partial charge on any atom is 0.244 e. The number of halogens is 1. The number of ether oxygens (including phenoxy) is 1. The molecular weight excluding hydrogens is 386 g/mol. The molecule has 0 unspecified atom stereocenters. The molecule has 4 fully saturated rings. The van der Waals surface area contributed by atoms with Gasteiger partial charge in [0.15, 0.2) is 0 Å². The fraction of sp³-hybridized carbons (Fsp3) is 0.737. The Morgan fingerprint density at radius 1 is 1.15 bits per heavy atom. The number of nitrogens with zero attached hydrogens (tertiary/aromatic N) is 3. The van der Waals surface area contributed by atoms with Crippen molar-refractivity contribution in [2.75, 3.05) is 39.4 Å². The lowest BCUT2D eigenvalue weighted by molar-refractivity contribution is -0.215. The first-order valence-corrected chi connectivity index (χ1v) is 11.6. The number of hydrogen-bond donors (Lipinski definition) is 0. The first kappa shape index (κ1) is 18.3. The van der Waals surface area contributed by atoms with Gasteiger partial charge in [0.2, 0.25) is 10.0 Å². The molecule has 4 aliphatic rings. The van der Waals surface area contributed by atoms with Gasteiger partial charge in [0, 0.05) is 37.6 Å². The zero-order valence-corrected chi connectivity index (χ0v) is 17.2. The SMILES string of the molecule is Cc1nc(Cl)ccc1S(=O)(=O)N1CCC2(CC1)CC(N1CC3(COC3)C1)C2. The Hall–Kier alpha value is -0.730. The lowest BCUT2D eigenvalue weighted by atomic mass is 9.59. The van der Waals surface area contributed by atoms with Gasteiger partial charge >= 0.3 is 0 Å². The zero-order valence-electron chi connectivity index (χ0n) is 15.7. The summed E-state index contributed by atoms with van der Waals surface area (Å²) in [7, 11) is -3.49. The average molecular weight is 412 g/mol. The minimum absolute atomic E-state index is 0.280. The average Bonchev–Trinajstić information content (AvgIpc) is 2.50. The lowest BCUT2D eigenvalue weighted by Crippen LogP contribution is -2.70. The molecule has 5 rings (SSSR count). The number of rotatable bonds is 3. The molecule has 4 heterocycles. The van der Waals surface area contributed by atoms with E-state index in [0.29, 0.717) is 40.8 Å². The maximum atomic E-state index is 13.0. The van der Waals surface area contributed by atoms with E-state index in [1.165, 1.54) is 25.9 Å². The molecule has 8 heteroatoms. The number of piperidine rings is 1. The van der Waals surface area contributed by atoms with Crippen LogP contribution in [0.5, 0.6) is 0 Å². The third-order valence-electron chi connectivity index (χ3n) is 7.15. The Balaban J connectivity index is 1.18. The van der Waals surface area contributed by atoms with Gasteiger partial charge in [-0.1, -0.05) is 11.6 Å². The van der Waals surface area contributed by atoms with Gasteiger partial charge in [-0.05, 0) is 50.2 Å². The summed E-state index contributed by atoms with van der Waals surface area (Å²) in [6, 6.07) is 3.83. The molecule has 27 heavy (non-hydrogen) atoms. The number of hydrogen-bond acceptors (Lipinski definition) is 5. The van der Waals surface area contributed by atoms with Gasteiger partial charge in [-0.25, -0.2) is 13.4 Å². The zero-order chi connectivity index (χ0) is 18.9. The van der Waals surface area contributed by atoms with Crippen LogP contribution < -0.4 is 0 Å². The molecule has 3 saturated heterocycles. The Morgan fingerprint density at radius 2 is 1.81 bits per heavy atom. The van der Waals surface area contributed by atoms with Crippen LogP contribution >= 0.6 is 11.6 Å². The molecule has 1 saturated carbocycles. The van der Waals surface area contributed by atoms with Gasteiger partial charge in [-0.2, -0.15) is 4.31 Å². The van der Waals surface area contributed by atoms with Crippen LogP contribution in [-0.2, 0) is 14.8 Å². The lowest BCUT2D eigenvalue weighted by Gasteiger charge is -2.63. The number of pyridine rings is 1. The molecule has 3 aliphatic heterocycles. The van der Waals surface area contributed by atoms with E-state index in [4.69, 9.17) is 16.3 Å². The standard InChI is InChI=1S/C19H26ClN3O3S/c1-14-16(2-3-17(20)21-14)27(24,25)23-6-4-18(5-7-23)8-15(9-18)22-10-19(11-22)12-26-13-19/h2-3,15H,4-13H2,1H3. The van der Waals surface area contributed by atoms with E-state index < -0.39 is 10.0 Å². The highest BCUT2D eigenvalue weighted by atomic mass is 35.5. The van der Waals surface area contributed by atoms with E-state index in [9.17, 15) is 8.42 Å². The quantitative estimate of drug-likeness (QED) is 0.714. The Kier molecular flexibility index (Phi) is 4.16. The molecule has 2 spiro atoms. The van der Waals surface area contributed by atoms with Crippen molar-refractivity contribution in [1.82, 2.24) is 14.2 Å². The number of aromatic nitrogens is 1. The second kappa shape index (κ2) is 6.13. The van der Waals surface area contributed by atoms with Crippen LogP contribution in [0.15, 0.2) is 17.0 Å². The number of likely N-dealkylation sites (tertiary alicyclic amines) is 1. The summed E-state index contributed by atoms with van der Waals surface area (Å²) in [5.41, 5.74) is 1.30. The van der Waals surface area contributed by atoms with E-state index in [1.807, 2.05) is 0 Å². The smallest absolute Gasteiger partial charge is 0.244 e. The van der Waals surface area contributed by atoms with Crippen LogP contribution in [0.4, 0.5) is 0 Å². The van der Waals surface area contributed by atoms with Crippen LogP contribution in [0.3, 0.4) is 0 Å². The number of aryl methyl sites for hydroxylation is 1. The largest absolute Gasteiger partial charge is 0.380 e. The molecule has 0 aromatic carbocycles. The van der Waals surface area contributed by atoms with Crippen molar-refractivity contribution in [3.8, 4) is 0 Å². The van der Waals surface area contributed by atoms with E-state index in [2.05, 4.69) is 9.88 Å². The predicted molar refractivity (Wildman–Crippen MR) is 102 cm³/mol. The Morgan fingerprint density at radius 3 is 2.37 bits per heavy atom. The highest BCUT2D eigenvalue weighted by Gasteiger charge is 2.56. The van der Waals surface area contributed by atoms with Crippen molar-refractivity contribution in [2.24, 2.45) is 10.8 Å². The minimum atomic E-state index is -3.49. The molecule has 0 N–H and O–H groups in total. The van der Waals surface area contributed by atoms with E-state index >= 15 is 0 Å². The van der Waals surface area contributed by atoms with Crippen molar-refractivity contribution in [3.05, 3.63) is 23.0 Å². The van der Waals surface area contributed by atoms with Crippen LogP contribution in [0.25, 0.3) is 0 Å². The summed E-state index contributed by atoms with van der Waals surface area (Å²) in [5.74, 6) is 0. The third-order valence-corrected chi connectivity index (χ3v) is 9.39. The van der Waals surface area contributed by atoms with Gasteiger partial charge < -0.3 is 4.74 Å². The summed E-state index contributed by atoms with van der Waals surface area (Å²) in [6.45, 7) is 7.17. The molecule has 1 aromatic heterocycles. The second-order valence-electron chi connectivity index (χ2n) is 9.08. The van der Waals surface area contributed by atoms with Gasteiger partial charge in [-0.3, -0.25) is 4.90 Å². The van der Waals surface area contributed by atoms with Crippen molar-refractivity contribution in [1.29, 1.82) is 0 Å². The summed E-state index contributed by atoms with van der Waals surface area (Å²) in [5, 5.41) is 0.325. The molecule has 0 atom stereocenters. The first-order chi connectivity index (χ1) is 12.8. The van der Waals surface area contributed by atoms with Gasteiger partial charge in [-0.15, -0.1) is 0 Å². The summed E-state index contributed by atoms with van der Waals surface area (Å²) >= 11 is 5.87. The van der Waals surface area contributed by atoms with Gasteiger partial charge in [0.1, 0.15) is 10.0 Å². The molecular formula is C19H26ClN3O3S. The Labute approximate surface area is 165 Å². The first-order valence-electron chi connectivity index (χ1n) is 9.76. The number of sulfonamides is 1.